The molecule has 3 heteroatoms. The van der Waals surface area contributed by atoms with Crippen LogP contribution in [0.1, 0.15) is 28.8 Å². The number of carbonyl (C=O) groups is 1. The first-order valence-corrected chi connectivity index (χ1v) is 5.08. The van der Waals surface area contributed by atoms with E-state index in [4.69, 9.17) is 17.3 Å². The third kappa shape index (κ3) is 1.50. The Kier molecular flexibility index (Phi) is 2.23. The Morgan fingerprint density at radius 2 is 2.14 bits per heavy atom. The molecule has 2 N–H and O–H groups in total. The van der Waals surface area contributed by atoms with E-state index >= 15 is 0 Å². The summed E-state index contributed by atoms with van der Waals surface area (Å²) >= 11 is 5.89. The zero-order valence-electron chi connectivity index (χ0n) is 8.01. The summed E-state index contributed by atoms with van der Waals surface area (Å²) in [5.74, 6) is 0.375. The number of Topliss-reactive ketones (excluding diaryl/α,β-unsaturated/α-hetero) is 1. The minimum Gasteiger partial charge on any atom is -0.398 e. The molecule has 1 aliphatic rings. The van der Waals surface area contributed by atoms with Crippen LogP contribution >= 0.6 is 11.6 Å². The second-order valence-corrected chi connectivity index (χ2v) is 4.18. The third-order valence-corrected chi connectivity index (χ3v) is 3.07. The van der Waals surface area contributed by atoms with Gasteiger partial charge in [0, 0.05) is 22.2 Å². The summed E-state index contributed by atoms with van der Waals surface area (Å²) in [7, 11) is 0. The van der Waals surface area contributed by atoms with E-state index in [1.54, 1.807) is 12.1 Å². The Labute approximate surface area is 88.1 Å². The topological polar surface area (TPSA) is 43.1 Å². The number of benzene rings is 1. The Morgan fingerprint density at radius 1 is 1.50 bits per heavy atom. The average molecular weight is 210 g/mol. The van der Waals surface area contributed by atoms with E-state index in [0.29, 0.717) is 16.3 Å². The molecular formula is C11H12ClNO. The van der Waals surface area contributed by atoms with Crippen molar-refractivity contribution in [1.29, 1.82) is 0 Å². The Balaban J connectivity index is 2.43. The molecule has 0 saturated heterocycles. The van der Waals surface area contributed by atoms with Gasteiger partial charge in [-0.15, -0.1) is 0 Å². The van der Waals surface area contributed by atoms with E-state index in [2.05, 4.69) is 0 Å². The monoisotopic (exact) mass is 209 g/mol. The van der Waals surface area contributed by atoms with Crippen LogP contribution in [0.25, 0.3) is 0 Å². The zero-order valence-corrected chi connectivity index (χ0v) is 8.77. The maximum absolute atomic E-state index is 11.8. The quantitative estimate of drug-likeness (QED) is 0.601. The first-order valence-electron chi connectivity index (χ1n) is 4.70. The molecule has 0 aliphatic heterocycles. The molecule has 1 saturated carbocycles. The predicted molar refractivity (Wildman–Crippen MR) is 57.7 cm³/mol. The van der Waals surface area contributed by atoms with Crippen LogP contribution in [-0.4, -0.2) is 5.78 Å². The van der Waals surface area contributed by atoms with E-state index in [9.17, 15) is 4.79 Å². The second kappa shape index (κ2) is 3.28. The van der Waals surface area contributed by atoms with Crippen LogP contribution in [0.4, 0.5) is 5.69 Å². The standard InChI is InChI=1S/C11H12ClNO/c1-6-9(12)5-4-8(10(6)13)11(14)7-2-3-7/h4-5,7H,2-3,13H2,1H3. The molecule has 0 spiro atoms. The van der Waals surface area contributed by atoms with Crippen molar-refractivity contribution in [3.8, 4) is 0 Å². The van der Waals surface area contributed by atoms with Gasteiger partial charge in [-0.25, -0.2) is 0 Å². The molecule has 0 unspecified atom stereocenters. The van der Waals surface area contributed by atoms with Gasteiger partial charge in [-0.1, -0.05) is 11.6 Å². The van der Waals surface area contributed by atoms with Gasteiger partial charge in [0.1, 0.15) is 0 Å². The van der Waals surface area contributed by atoms with Crippen molar-refractivity contribution in [2.24, 2.45) is 5.92 Å². The summed E-state index contributed by atoms with van der Waals surface area (Å²) in [5, 5.41) is 0.620. The van der Waals surface area contributed by atoms with E-state index in [1.165, 1.54) is 0 Å². The largest absolute Gasteiger partial charge is 0.398 e. The summed E-state index contributed by atoms with van der Waals surface area (Å²) in [6.45, 7) is 1.83. The third-order valence-electron chi connectivity index (χ3n) is 2.66. The van der Waals surface area contributed by atoms with Crippen LogP contribution in [0.2, 0.25) is 5.02 Å². The van der Waals surface area contributed by atoms with Crippen LogP contribution in [-0.2, 0) is 0 Å². The first-order chi connectivity index (χ1) is 6.61. The highest BCUT2D eigenvalue weighted by Gasteiger charge is 2.31. The van der Waals surface area contributed by atoms with E-state index in [-0.39, 0.29) is 11.7 Å². The van der Waals surface area contributed by atoms with Gasteiger partial charge >= 0.3 is 0 Å². The normalized spacial score (nSPS) is 15.6. The summed E-state index contributed by atoms with van der Waals surface area (Å²) in [5.41, 5.74) is 7.82. The van der Waals surface area contributed by atoms with E-state index in [1.807, 2.05) is 6.92 Å². The molecule has 2 nitrogen and oxygen atoms in total. The number of rotatable bonds is 2. The Morgan fingerprint density at radius 3 is 2.71 bits per heavy atom. The van der Waals surface area contributed by atoms with E-state index in [0.717, 1.165) is 18.4 Å². The fraction of sp³-hybridized carbons (Fsp3) is 0.364. The van der Waals surface area contributed by atoms with Gasteiger partial charge in [0.25, 0.3) is 0 Å². The lowest BCUT2D eigenvalue weighted by Gasteiger charge is -2.08. The van der Waals surface area contributed by atoms with Crippen LogP contribution in [0.5, 0.6) is 0 Å². The van der Waals surface area contributed by atoms with Crippen LogP contribution < -0.4 is 5.73 Å². The molecule has 1 aromatic carbocycles. The average Bonchev–Trinajstić information content (AvgIpc) is 2.97. The highest BCUT2D eigenvalue weighted by Crippen LogP contribution is 2.35. The summed E-state index contributed by atoms with van der Waals surface area (Å²) in [4.78, 5) is 11.8. The number of carbonyl (C=O) groups excluding carboxylic acids is 1. The molecule has 0 radical (unpaired) electrons. The van der Waals surface area contributed by atoms with Crippen LogP contribution in [0.15, 0.2) is 12.1 Å². The fourth-order valence-corrected chi connectivity index (χ4v) is 1.65. The van der Waals surface area contributed by atoms with Crippen molar-refractivity contribution in [1.82, 2.24) is 0 Å². The van der Waals surface area contributed by atoms with Crippen molar-refractivity contribution in [2.45, 2.75) is 19.8 Å². The van der Waals surface area contributed by atoms with Crippen LogP contribution in [0.3, 0.4) is 0 Å². The summed E-state index contributed by atoms with van der Waals surface area (Å²) < 4.78 is 0. The lowest BCUT2D eigenvalue weighted by atomic mass is 10.0. The minimum atomic E-state index is 0.169. The molecule has 0 heterocycles. The number of halogens is 1. The SMILES string of the molecule is Cc1c(Cl)ccc(C(=O)C2CC2)c1N. The predicted octanol–water partition coefficient (Wildman–Crippen LogP) is 2.82. The lowest BCUT2D eigenvalue weighted by molar-refractivity contribution is 0.0968. The molecule has 1 aliphatic carbocycles. The molecule has 0 atom stereocenters. The fourth-order valence-electron chi connectivity index (χ4n) is 1.48. The van der Waals surface area contributed by atoms with Gasteiger partial charge in [-0.2, -0.15) is 0 Å². The number of hydrogen-bond donors (Lipinski definition) is 1. The molecule has 14 heavy (non-hydrogen) atoms. The Hall–Kier alpha value is -1.02. The lowest BCUT2D eigenvalue weighted by Crippen LogP contribution is -2.07. The Bertz CT molecular complexity index is 397. The number of hydrogen-bond acceptors (Lipinski definition) is 2. The van der Waals surface area contributed by atoms with Crippen molar-refractivity contribution in [3.05, 3.63) is 28.3 Å². The van der Waals surface area contributed by atoms with Crippen LogP contribution in [0, 0.1) is 12.8 Å². The number of nitrogen functional groups attached to an aromatic ring is 1. The molecule has 1 aromatic rings. The van der Waals surface area contributed by atoms with Crippen molar-refractivity contribution in [3.63, 3.8) is 0 Å². The molecule has 74 valence electrons. The molecule has 1 fully saturated rings. The highest BCUT2D eigenvalue weighted by atomic mass is 35.5. The smallest absolute Gasteiger partial charge is 0.168 e. The van der Waals surface area contributed by atoms with Gasteiger partial charge in [0.2, 0.25) is 0 Å². The highest BCUT2D eigenvalue weighted by molar-refractivity contribution is 6.32. The van der Waals surface area contributed by atoms with Gasteiger partial charge in [-0.3, -0.25) is 4.79 Å². The number of anilines is 1. The molecule has 0 amide bonds. The van der Waals surface area contributed by atoms with Gasteiger partial charge in [0.05, 0.1) is 0 Å². The maximum atomic E-state index is 11.8. The summed E-state index contributed by atoms with van der Waals surface area (Å²) in [6, 6.07) is 3.47. The number of ketones is 1. The molecule has 0 bridgehead atoms. The maximum Gasteiger partial charge on any atom is 0.168 e. The van der Waals surface area contributed by atoms with Crippen molar-refractivity contribution >= 4 is 23.1 Å². The molecule has 0 aromatic heterocycles. The molecule has 2 rings (SSSR count). The number of nitrogens with two attached hydrogens (primary N) is 1. The first kappa shape index (κ1) is 9.53. The summed E-state index contributed by atoms with van der Waals surface area (Å²) in [6.07, 6.45) is 2.00. The van der Waals surface area contributed by atoms with Crippen molar-refractivity contribution in [2.75, 3.05) is 5.73 Å². The molecular weight excluding hydrogens is 198 g/mol. The zero-order chi connectivity index (χ0) is 10.3. The van der Waals surface area contributed by atoms with Gasteiger partial charge < -0.3 is 5.73 Å². The minimum absolute atomic E-state index is 0.169. The van der Waals surface area contributed by atoms with Gasteiger partial charge in [-0.05, 0) is 37.5 Å². The van der Waals surface area contributed by atoms with Crippen molar-refractivity contribution < 1.29 is 4.79 Å². The van der Waals surface area contributed by atoms with E-state index < -0.39 is 0 Å². The second-order valence-electron chi connectivity index (χ2n) is 3.77. The van der Waals surface area contributed by atoms with Gasteiger partial charge in [0.15, 0.2) is 5.78 Å².